The molecule has 4 rings (SSSR count). The summed E-state index contributed by atoms with van der Waals surface area (Å²) in [6.07, 6.45) is 2.04. The van der Waals surface area contributed by atoms with E-state index in [0.29, 0.717) is 22.9 Å². The number of imide groups is 1. The molecule has 0 bridgehead atoms. The van der Waals surface area contributed by atoms with E-state index in [1.807, 2.05) is 55.5 Å². The normalized spacial score (nSPS) is 18.0. The Bertz CT molecular complexity index is 970. The minimum absolute atomic E-state index is 0.235. The minimum Gasteiger partial charge on any atom is -0.497 e. The lowest BCUT2D eigenvalue weighted by atomic mass is 9.97. The lowest BCUT2D eigenvalue weighted by molar-refractivity contribution is -0.120. The summed E-state index contributed by atoms with van der Waals surface area (Å²) in [6, 6.07) is 14.9. The number of aryl methyl sites for hydroxylation is 1. The molecule has 5 nitrogen and oxygen atoms in total. The van der Waals surface area contributed by atoms with Crippen LogP contribution in [-0.2, 0) is 9.59 Å². The van der Waals surface area contributed by atoms with E-state index < -0.39 is 0 Å². The topological polar surface area (TPSA) is 49.9 Å². The van der Waals surface area contributed by atoms with Gasteiger partial charge in [0.25, 0.3) is 11.8 Å². The molecule has 0 saturated carbocycles. The standard InChI is InChI=1S/C24H26N2O3/c1-16-11-13-25(14-12-16)22-21(18-7-9-20(29-3)10-8-18)23(27)26(24(22)28)19-6-4-5-17(2)15-19/h4-10,15-16H,11-14H2,1-3H3. The molecular formula is C24H26N2O3. The van der Waals surface area contributed by atoms with Crippen molar-refractivity contribution in [1.82, 2.24) is 4.90 Å². The molecule has 0 radical (unpaired) electrons. The highest BCUT2D eigenvalue weighted by atomic mass is 16.5. The highest BCUT2D eigenvalue weighted by molar-refractivity contribution is 6.45. The summed E-state index contributed by atoms with van der Waals surface area (Å²) in [5.74, 6) is 0.853. The third-order valence-electron chi connectivity index (χ3n) is 5.80. The summed E-state index contributed by atoms with van der Waals surface area (Å²) in [6.45, 7) is 5.77. The molecule has 2 heterocycles. The van der Waals surface area contributed by atoms with E-state index in [9.17, 15) is 9.59 Å². The fourth-order valence-corrected chi connectivity index (χ4v) is 4.06. The van der Waals surface area contributed by atoms with Crippen LogP contribution in [0.4, 0.5) is 5.69 Å². The highest BCUT2D eigenvalue weighted by Crippen LogP contribution is 2.37. The molecule has 150 valence electrons. The van der Waals surface area contributed by atoms with Gasteiger partial charge in [-0.1, -0.05) is 31.2 Å². The van der Waals surface area contributed by atoms with E-state index in [1.54, 1.807) is 7.11 Å². The number of hydrogen-bond donors (Lipinski definition) is 0. The van der Waals surface area contributed by atoms with Crippen LogP contribution in [0, 0.1) is 12.8 Å². The van der Waals surface area contributed by atoms with Crippen LogP contribution in [-0.4, -0.2) is 36.9 Å². The van der Waals surface area contributed by atoms with E-state index in [1.165, 1.54) is 4.90 Å². The molecule has 0 aliphatic carbocycles. The lowest BCUT2D eigenvalue weighted by Gasteiger charge is -2.32. The zero-order chi connectivity index (χ0) is 20.5. The van der Waals surface area contributed by atoms with Crippen molar-refractivity contribution < 1.29 is 14.3 Å². The molecule has 0 N–H and O–H groups in total. The van der Waals surface area contributed by atoms with E-state index in [-0.39, 0.29) is 11.8 Å². The van der Waals surface area contributed by atoms with Crippen LogP contribution in [0.5, 0.6) is 5.75 Å². The second-order valence-corrected chi connectivity index (χ2v) is 7.91. The number of piperidine rings is 1. The van der Waals surface area contributed by atoms with E-state index in [0.717, 1.165) is 42.8 Å². The maximum atomic E-state index is 13.5. The van der Waals surface area contributed by atoms with Gasteiger partial charge in [-0.25, -0.2) is 4.90 Å². The fraction of sp³-hybridized carbons (Fsp3) is 0.333. The van der Waals surface area contributed by atoms with Crippen molar-refractivity contribution in [3.63, 3.8) is 0 Å². The third-order valence-corrected chi connectivity index (χ3v) is 5.80. The van der Waals surface area contributed by atoms with E-state index in [2.05, 4.69) is 11.8 Å². The Morgan fingerprint density at radius 2 is 1.66 bits per heavy atom. The molecule has 2 amide bonds. The Balaban J connectivity index is 1.80. The van der Waals surface area contributed by atoms with Gasteiger partial charge in [-0.15, -0.1) is 0 Å². The Morgan fingerprint density at radius 3 is 2.28 bits per heavy atom. The first-order chi connectivity index (χ1) is 14.0. The van der Waals surface area contributed by atoms with Crippen LogP contribution < -0.4 is 9.64 Å². The molecule has 1 saturated heterocycles. The van der Waals surface area contributed by atoms with Gasteiger partial charge in [0.15, 0.2) is 0 Å². The maximum Gasteiger partial charge on any atom is 0.282 e. The zero-order valence-electron chi connectivity index (χ0n) is 17.1. The molecular weight excluding hydrogens is 364 g/mol. The molecule has 29 heavy (non-hydrogen) atoms. The van der Waals surface area contributed by atoms with Crippen molar-refractivity contribution >= 4 is 23.1 Å². The number of carbonyl (C=O) groups excluding carboxylic acids is 2. The Hall–Kier alpha value is -3.08. The van der Waals surface area contributed by atoms with Crippen molar-refractivity contribution in [2.24, 2.45) is 5.92 Å². The third kappa shape index (κ3) is 3.53. The summed E-state index contributed by atoms with van der Waals surface area (Å²) in [4.78, 5) is 30.4. The average Bonchev–Trinajstić information content (AvgIpc) is 2.99. The van der Waals surface area contributed by atoms with Crippen molar-refractivity contribution in [2.45, 2.75) is 26.7 Å². The Labute approximate surface area is 171 Å². The molecule has 0 aromatic heterocycles. The number of amides is 2. The Morgan fingerprint density at radius 1 is 0.966 bits per heavy atom. The van der Waals surface area contributed by atoms with Crippen LogP contribution in [0.3, 0.4) is 0 Å². The summed E-state index contributed by atoms with van der Waals surface area (Å²) in [5, 5.41) is 0. The molecule has 5 heteroatoms. The largest absolute Gasteiger partial charge is 0.497 e. The van der Waals surface area contributed by atoms with E-state index >= 15 is 0 Å². The van der Waals surface area contributed by atoms with Crippen LogP contribution >= 0.6 is 0 Å². The summed E-state index contributed by atoms with van der Waals surface area (Å²) >= 11 is 0. The van der Waals surface area contributed by atoms with Crippen molar-refractivity contribution in [3.8, 4) is 5.75 Å². The van der Waals surface area contributed by atoms with Gasteiger partial charge in [0, 0.05) is 13.1 Å². The number of ether oxygens (including phenoxy) is 1. The van der Waals surface area contributed by atoms with Crippen LogP contribution in [0.1, 0.15) is 30.9 Å². The number of likely N-dealkylation sites (tertiary alicyclic amines) is 1. The molecule has 2 aromatic carbocycles. The van der Waals surface area contributed by atoms with Gasteiger partial charge in [-0.3, -0.25) is 9.59 Å². The quantitative estimate of drug-likeness (QED) is 0.740. The number of methoxy groups -OCH3 is 1. The van der Waals surface area contributed by atoms with Gasteiger partial charge >= 0.3 is 0 Å². The number of nitrogens with zero attached hydrogens (tertiary/aromatic N) is 2. The van der Waals surface area contributed by atoms with Crippen LogP contribution in [0.2, 0.25) is 0 Å². The van der Waals surface area contributed by atoms with Crippen LogP contribution in [0.25, 0.3) is 5.57 Å². The van der Waals surface area contributed by atoms with Gasteiger partial charge in [-0.2, -0.15) is 0 Å². The molecule has 2 aliphatic rings. The number of benzene rings is 2. The Kier molecular flexibility index (Phi) is 5.14. The average molecular weight is 390 g/mol. The van der Waals surface area contributed by atoms with Crippen molar-refractivity contribution in [2.75, 3.05) is 25.1 Å². The minimum atomic E-state index is -0.264. The highest BCUT2D eigenvalue weighted by Gasteiger charge is 2.42. The lowest BCUT2D eigenvalue weighted by Crippen LogP contribution is -2.38. The summed E-state index contributed by atoms with van der Waals surface area (Å²) in [7, 11) is 1.61. The van der Waals surface area contributed by atoms with Gasteiger partial charge in [0.2, 0.25) is 0 Å². The molecule has 1 fully saturated rings. The first-order valence-electron chi connectivity index (χ1n) is 10.1. The molecule has 0 unspecified atom stereocenters. The maximum absolute atomic E-state index is 13.5. The predicted octanol–water partition coefficient (Wildman–Crippen LogP) is 4.02. The first-order valence-corrected chi connectivity index (χ1v) is 10.1. The van der Waals surface area contributed by atoms with Crippen molar-refractivity contribution in [3.05, 3.63) is 65.4 Å². The van der Waals surface area contributed by atoms with Crippen molar-refractivity contribution in [1.29, 1.82) is 0 Å². The molecule has 2 aromatic rings. The molecule has 2 aliphatic heterocycles. The number of rotatable bonds is 4. The van der Waals surface area contributed by atoms with Gasteiger partial charge in [-0.05, 0) is 61.1 Å². The molecule has 0 atom stereocenters. The second kappa shape index (κ2) is 7.74. The number of hydrogen-bond acceptors (Lipinski definition) is 4. The number of carbonyl (C=O) groups is 2. The monoisotopic (exact) mass is 390 g/mol. The molecule has 0 spiro atoms. The van der Waals surface area contributed by atoms with Gasteiger partial charge in [0.05, 0.1) is 18.4 Å². The SMILES string of the molecule is COc1ccc(C2=C(N3CCC(C)CC3)C(=O)N(c3cccc(C)c3)C2=O)cc1. The van der Waals surface area contributed by atoms with Gasteiger partial charge < -0.3 is 9.64 Å². The summed E-state index contributed by atoms with van der Waals surface area (Å²) < 4.78 is 5.25. The second-order valence-electron chi connectivity index (χ2n) is 7.91. The number of anilines is 1. The first kappa shape index (κ1) is 19.2. The zero-order valence-corrected chi connectivity index (χ0v) is 17.1. The van der Waals surface area contributed by atoms with Gasteiger partial charge in [0.1, 0.15) is 11.4 Å². The van der Waals surface area contributed by atoms with E-state index in [4.69, 9.17) is 4.74 Å². The van der Waals surface area contributed by atoms with Crippen LogP contribution in [0.15, 0.2) is 54.2 Å². The predicted molar refractivity (Wildman–Crippen MR) is 114 cm³/mol. The summed E-state index contributed by atoms with van der Waals surface area (Å²) in [5.41, 5.74) is 3.37. The smallest absolute Gasteiger partial charge is 0.282 e. The fourth-order valence-electron chi connectivity index (χ4n) is 4.06.